The van der Waals surface area contributed by atoms with Crippen LogP contribution in [0.1, 0.15) is 16.1 Å². The van der Waals surface area contributed by atoms with Crippen LogP contribution in [-0.2, 0) is 0 Å². The van der Waals surface area contributed by atoms with Gasteiger partial charge in [-0.05, 0) is 36.8 Å². The maximum absolute atomic E-state index is 13.7. The summed E-state index contributed by atoms with van der Waals surface area (Å²) in [5.41, 5.74) is 0.535. The molecular formula is C17H11F2N3O3S. The number of benzene rings is 2. The van der Waals surface area contributed by atoms with E-state index in [1.165, 1.54) is 18.2 Å². The lowest BCUT2D eigenvalue weighted by atomic mass is 10.1. The van der Waals surface area contributed by atoms with Crippen molar-refractivity contribution in [3.63, 3.8) is 0 Å². The van der Waals surface area contributed by atoms with E-state index in [-0.39, 0.29) is 10.8 Å². The van der Waals surface area contributed by atoms with Crippen LogP contribution in [0.4, 0.5) is 19.6 Å². The number of nitrogens with one attached hydrogen (secondary N) is 1. The van der Waals surface area contributed by atoms with Crippen molar-refractivity contribution in [3.8, 4) is 10.4 Å². The molecule has 132 valence electrons. The van der Waals surface area contributed by atoms with Crippen LogP contribution in [-0.4, -0.2) is 15.8 Å². The topological polar surface area (TPSA) is 85.1 Å². The van der Waals surface area contributed by atoms with Gasteiger partial charge in [-0.3, -0.25) is 20.2 Å². The fraction of sp³-hybridized carbons (Fsp3) is 0.0588. The van der Waals surface area contributed by atoms with Gasteiger partial charge in [0, 0.05) is 12.1 Å². The number of aryl methyl sites for hydroxylation is 1. The molecule has 0 aliphatic rings. The zero-order chi connectivity index (χ0) is 18.8. The number of carbonyl (C=O) groups is 1. The highest BCUT2D eigenvalue weighted by Crippen LogP contribution is 2.33. The Bertz CT molecular complexity index is 983. The number of hydrogen-bond donors (Lipinski definition) is 1. The fourth-order valence-corrected chi connectivity index (χ4v) is 3.29. The van der Waals surface area contributed by atoms with Crippen LogP contribution in [0.25, 0.3) is 10.4 Å². The predicted molar refractivity (Wildman–Crippen MR) is 93.3 cm³/mol. The summed E-state index contributed by atoms with van der Waals surface area (Å²) in [5.74, 6) is -2.87. The van der Waals surface area contributed by atoms with Crippen molar-refractivity contribution >= 4 is 28.1 Å². The second kappa shape index (κ2) is 6.96. The first kappa shape index (κ1) is 17.6. The van der Waals surface area contributed by atoms with Gasteiger partial charge in [-0.2, -0.15) is 0 Å². The predicted octanol–water partition coefficient (Wildman–Crippen LogP) is 4.56. The van der Waals surface area contributed by atoms with Gasteiger partial charge in [-0.1, -0.05) is 17.4 Å². The van der Waals surface area contributed by atoms with Crippen molar-refractivity contribution in [2.75, 3.05) is 5.32 Å². The lowest BCUT2D eigenvalue weighted by molar-refractivity contribution is -0.384. The fourth-order valence-electron chi connectivity index (χ4n) is 2.33. The molecule has 0 aliphatic carbocycles. The third-order valence-electron chi connectivity index (χ3n) is 3.55. The minimum Gasteiger partial charge on any atom is -0.298 e. The lowest BCUT2D eigenvalue weighted by Crippen LogP contribution is -2.15. The molecule has 0 radical (unpaired) electrons. The van der Waals surface area contributed by atoms with E-state index in [1.54, 1.807) is 19.1 Å². The molecule has 2 aromatic carbocycles. The molecule has 0 atom stereocenters. The molecule has 1 N–H and O–H groups in total. The highest BCUT2D eigenvalue weighted by molar-refractivity contribution is 7.19. The van der Waals surface area contributed by atoms with Gasteiger partial charge in [0.2, 0.25) is 0 Å². The summed E-state index contributed by atoms with van der Waals surface area (Å²) in [6, 6.07) is 9.02. The quantitative estimate of drug-likeness (QED) is 0.535. The minimum atomic E-state index is -0.966. The number of thiazole rings is 1. The number of anilines is 1. The highest BCUT2D eigenvalue weighted by Gasteiger charge is 2.19. The Kier molecular flexibility index (Phi) is 4.72. The van der Waals surface area contributed by atoms with Gasteiger partial charge < -0.3 is 0 Å². The first-order chi connectivity index (χ1) is 12.4. The molecule has 0 bridgehead atoms. The van der Waals surface area contributed by atoms with Gasteiger partial charge in [0.25, 0.3) is 11.6 Å². The summed E-state index contributed by atoms with van der Waals surface area (Å²) in [7, 11) is 0. The Morgan fingerprint density at radius 2 is 1.77 bits per heavy atom. The van der Waals surface area contributed by atoms with Gasteiger partial charge in [0.1, 0.15) is 17.2 Å². The smallest absolute Gasteiger partial charge is 0.269 e. The zero-order valence-electron chi connectivity index (χ0n) is 13.3. The second-order valence-corrected chi connectivity index (χ2v) is 6.29. The number of nitro benzene ring substituents is 1. The van der Waals surface area contributed by atoms with Crippen LogP contribution >= 0.6 is 11.3 Å². The summed E-state index contributed by atoms with van der Waals surface area (Å²) in [4.78, 5) is 27.2. The molecule has 3 aromatic rings. The van der Waals surface area contributed by atoms with Gasteiger partial charge in [-0.25, -0.2) is 13.8 Å². The van der Waals surface area contributed by atoms with Gasteiger partial charge in [-0.15, -0.1) is 0 Å². The van der Waals surface area contributed by atoms with E-state index in [0.717, 1.165) is 23.5 Å². The summed E-state index contributed by atoms with van der Waals surface area (Å²) in [6.07, 6.45) is 0. The van der Waals surface area contributed by atoms with Gasteiger partial charge >= 0.3 is 0 Å². The maximum atomic E-state index is 13.7. The number of nitrogens with zero attached hydrogens (tertiary/aromatic N) is 2. The van der Waals surface area contributed by atoms with E-state index in [2.05, 4.69) is 10.3 Å². The summed E-state index contributed by atoms with van der Waals surface area (Å²) in [6.45, 7) is 1.70. The first-order valence-corrected chi connectivity index (χ1v) is 8.16. The van der Waals surface area contributed by atoms with E-state index < -0.39 is 28.0 Å². The Morgan fingerprint density at radius 1 is 1.15 bits per heavy atom. The molecule has 9 heteroatoms. The maximum Gasteiger partial charge on any atom is 0.269 e. The van der Waals surface area contributed by atoms with E-state index in [0.29, 0.717) is 16.1 Å². The lowest BCUT2D eigenvalue weighted by Gasteiger charge is -2.04. The van der Waals surface area contributed by atoms with E-state index in [1.807, 2.05) is 0 Å². The Morgan fingerprint density at radius 3 is 2.35 bits per heavy atom. The molecule has 6 nitrogen and oxygen atoms in total. The normalized spacial score (nSPS) is 10.6. The Hall–Kier alpha value is -3.20. The number of non-ortho nitro benzene ring substituents is 1. The molecule has 3 rings (SSSR count). The van der Waals surface area contributed by atoms with Crippen LogP contribution in [0.2, 0.25) is 0 Å². The Labute approximate surface area is 150 Å². The van der Waals surface area contributed by atoms with E-state index in [9.17, 15) is 23.7 Å². The molecule has 1 amide bonds. The third kappa shape index (κ3) is 3.42. The van der Waals surface area contributed by atoms with Crippen LogP contribution in [0.15, 0.2) is 42.5 Å². The molecule has 1 aromatic heterocycles. The largest absolute Gasteiger partial charge is 0.298 e. The summed E-state index contributed by atoms with van der Waals surface area (Å²) < 4.78 is 27.4. The standard InChI is InChI=1S/C17H11F2N3O3S/c1-9-15(10-5-7-11(8-6-10)22(24)25)26-17(20-9)21-16(23)14-12(18)3-2-4-13(14)19/h2-8H,1H3,(H,20,21,23). The molecule has 0 aliphatic heterocycles. The number of aromatic nitrogens is 1. The average Bonchev–Trinajstić information content (AvgIpc) is 2.95. The highest BCUT2D eigenvalue weighted by atomic mass is 32.1. The molecule has 1 heterocycles. The van der Waals surface area contributed by atoms with Crippen LogP contribution in [0, 0.1) is 28.7 Å². The number of nitro groups is 1. The van der Waals surface area contributed by atoms with Crippen molar-refractivity contribution in [2.24, 2.45) is 0 Å². The summed E-state index contributed by atoms with van der Waals surface area (Å²) >= 11 is 1.10. The molecule has 0 saturated heterocycles. The van der Waals surface area contributed by atoms with Crippen molar-refractivity contribution < 1.29 is 18.5 Å². The third-order valence-corrected chi connectivity index (χ3v) is 4.67. The number of halogens is 2. The van der Waals surface area contributed by atoms with Crippen LogP contribution < -0.4 is 5.32 Å². The van der Waals surface area contributed by atoms with Crippen LogP contribution in [0.5, 0.6) is 0 Å². The van der Waals surface area contributed by atoms with Gasteiger partial charge in [0.05, 0.1) is 15.5 Å². The van der Waals surface area contributed by atoms with E-state index >= 15 is 0 Å². The Balaban J connectivity index is 1.86. The van der Waals surface area contributed by atoms with E-state index in [4.69, 9.17) is 0 Å². The molecule has 26 heavy (non-hydrogen) atoms. The molecule has 0 saturated carbocycles. The monoisotopic (exact) mass is 375 g/mol. The minimum absolute atomic E-state index is 0.0422. The first-order valence-electron chi connectivity index (χ1n) is 7.34. The SMILES string of the molecule is Cc1nc(NC(=O)c2c(F)cccc2F)sc1-c1ccc([N+](=O)[O-])cc1. The molecule has 0 spiro atoms. The molecule has 0 unspecified atom stereocenters. The van der Waals surface area contributed by atoms with Crippen LogP contribution in [0.3, 0.4) is 0 Å². The zero-order valence-corrected chi connectivity index (χ0v) is 14.1. The number of rotatable bonds is 4. The number of hydrogen-bond acceptors (Lipinski definition) is 5. The summed E-state index contributed by atoms with van der Waals surface area (Å²) in [5, 5.41) is 13.3. The van der Waals surface area contributed by atoms with Crippen molar-refractivity contribution in [1.82, 2.24) is 4.98 Å². The second-order valence-electron chi connectivity index (χ2n) is 5.29. The van der Waals surface area contributed by atoms with Crippen molar-refractivity contribution in [1.29, 1.82) is 0 Å². The number of amides is 1. The molecular weight excluding hydrogens is 364 g/mol. The van der Waals surface area contributed by atoms with Gasteiger partial charge in [0.15, 0.2) is 5.13 Å². The van der Waals surface area contributed by atoms with Crippen molar-refractivity contribution in [3.05, 3.63) is 75.5 Å². The average molecular weight is 375 g/mol. The van der Waals surface area contributed by atoms with Crippen molar-refractivity contribution in [2.45, 2.75) is 6.92 Å². The number of carbonyl (C=O) groups excluding carboxylic acids is 1. The molecule has 0 fully saturated rings.